The molecule has 0 aromatic carbocycles. The van der Waals surface area contributed by atoms with Gasteiger partial charge in [-0.1, -0.05) is 0 Å². The van der Waals surface area contributed by atoms with Crippen molar-refractivity contribution in [1.82, 2.24) is 5.32 Å². The third-order valence-electron chi connectivity index (χ3n) is 3.49. The topological polar surface area (TPSA) is 43.6 Å². The summed E-state index contributed by atoms with van der Waals surface area (Å²) in [5, 5.41) is 3.58. The molecule has 0 saturated heterocycles. The van der Waals surface area contributed by atoms with Crippen LogP contribution < -0.4 is 5.32 Å². The number of hydrogen-bond acceptors (Lipinski definition) is 4. The number of methoxy groups -OCH3 is 1. The first-order valence-electron chi connectivity index (χ1n) is 6.67. The predicted molar refractivity (Wildman–Crippen MR) is 69.6 cm³/mol. The smallest absolute Gasteiger partial charge is 0.105 e. The molecule has 0 bridgehead atoms. The van der Waals surface area contributed by atoms with Crippen LogP contribution >= 0.6 is 0 Å². The summed E-state index contributed by atoms with van der Waals surface area (Å²) < 4.78 is 16.5. The molecular formula is C14H23NO3. The SMILES string of the molecule is CCOC1CC(NC(C)Cc2ccco2)C1OC. The number of nitrogens with one attached hydrogen (secondary N) is 1. The Hall–Kier alpha value is -0.840. The Morgan fingerprint density at radius 1 is 1.56 bits per heavy atom. The van der Waals surface area contributed by atoms with Crippen molar-refractivity contribution in [3.63, 3.8) is 0 Å². The first kappa shape index (κ1) is 13.6. The molecular weight excluding hydrogens is 230 g/mol. The van der Waals surface area contributed by atoms with Crippen molar-refractivity contribution in [3.8, 4) is 0 Å². The van der Waals surface area contributed by atoms with Gasteiger partial charge in [0, 0.05) is 32.2 Å². The molecule has 4 unspecified atom stereocenters. The van der Waals surface area contributed by atoms with Crippen LogP contribution in [0.3, 0.4) is 0 Å². The van der Waals surface area contributed by atoms with Gasteiger partial charge in [-0.25, -0.2) is 0 Å². The predicted octanol–water partition coefficient (Wildman–Crippen LogP) is 1.99. The van der Waals surface area contributed by atoms with Crippen LogP contribution in [0, 0.1) is 0 Å². The van der Waals surface area contributed by atoms with Crippen LogP contribution in [0.2, 0.25) is 0 Å². The van der Waals surface area contributed by atoms with E-state index in [-0.39, 0.29) is 12.2 Å². The molecule has 0 aliphatic heterocycles. The number of ether oxygens (including phenoxy) is 2. The van der Waals surface area contributed by atoms with Crippen molar-refractivity contribution in [2.75, 3.05) is 13.7 Å². The summed E-state index contributed by atoms with van der Waals surface area (Å²) in [6.45, 7) is 4.94. The summed E-state index contributed by atoms with van der Waals surface area (Å²) in [7, 11) is 1.75. The Balaban J connectivity index is 1.76. The number of furan rings is 1. The maximum absolute atomic E-state index is 5.62. The van der Waals surface area contributed by atoms with Gasteiger partial charge >= 0.3 is 0 Å². The normalized spacial score (nSPS) is 28.9. The molecule has 4 atom stereocenters. The fraction of sp³-hybridized carbons (Fsp3) is 0.714. The minimum absolute atomic E-state index is 0.170. The molecule has 4 nitrogen and oxygen atoms in total. The standard InChI is InChI=1S/C14H23NO3/c1-4-17-13-9-12(14(13)16-3)15-10(2)8-11-6-5-7-18-11/h5-7,10,12-15H,4,8-9H2,1-3H3. The van der Waals surface area contributed by atoms with E-state index in [9.17, 15) is 0 Å². The summed E-state index contributed by atoms with van der Waals surface area (Å²) in [4.78, 5) is 0. The van der Waals surface area contributed by atoms with Gasteiger partial charge in [0.2, 0.25) is 0 Å². The number of rotatable bonds is 7. The molecule has 1 aliphatic carbocycles. The Labute approximate surface area is 109 Å². The second-order valence-electron chi connectivity index (χ2n) is 4.89. The highest BCUT2D eigenvalue weighted by molar-refractivity contribution is 5.02. The zero-order valence-electron chi connectivity index (χ0n) is 11.4. The van der Waals surface area contributed by atoms with E-state index < -0.39 is 0 Å². The zero-order valence-corrected chi connectivity index (χ0v) is 11.4. The van der Waals surface area contributed by atoms with E-state index >= 15 is 0 Å². The molecule has 1 aromatic heterocycles. The lowest BCUT2D eigenvalue weighted by Crippen LogP contribution is -2.61. The molecule has 0 radical (unpaired) electrons. The molecule has 2 rings (SSSR count). The molecule has 102 valence electrons. The third kappa shape index (κ3) is 3.13. The van der Waals surface area contributed by atoms with Gasteiger partial charge in [-0.3, -0.25) is 0 Å². The molecule has 1 aliphatic rings. The Morgan fingerprint density at radius 2 is 2.39 bits per heavy atom. The van der Waals surface area contributed by atoms with Gasteiger partial charge in [-0.05, 0) is 32.4 Å². The van der Waals surface area contributed by atoms with Crippen LogP contribution in [0.4, 0.5) is 0 Å². The largest absolute Gasteiger partial charge is 0.469 e. The minimum atomic E-state index is 0.170. The van der Waals surface area contributed by atoms with Gasteiger partial charge in [0.1, 0.15) is 5.76 Å². The van der Waals surface area contributed by atoms with E-state index in [1.807, 2.05) is 19.1 Å². The zero-order chi connectivity index (χ0) is 13.0. The average molecular weight is 253 g/mol. The van der Waals surface area contributed by atoms with Crippen molar-refractivity contribution >= 4 is 0 Å². The van der Waals surface area contributed by atoms with Crippen molar-refractivity contribution in [2.45, 2.75) is 51.0 Å². The lowest BCUT2D eigenvalue weighted by molar-refractivity contribution is -0.132. The average Bonchev–Trinajstić information content (AvgIpc) is 2.80. The fourth-order valence-corrected chi connectivity index (χ4v) is 2.59. The van der Waals surface area contributed by atoms with Gasteiger partial charge in [-0.15, -0.1) is 0 Å². The highest BCUT2D eigenvalue weighted by Crippen LogP contribution is 2.27. The molecule has 1 fully saturated rings. The van der Waals surface area contributed by atoms with Gasteiger partial charge in [0.15, 0.2) is 0 Å². The van der Waals surface area contributed by atoms with E-state index in [4.69, 9.17) is 13.9 Å². The summed E-state index contributed by atoms with van der Waals surface area (Å²) in [6, 6.07) is 4.70. The molecule has 1 aromatic rings. The first-order valence-corrected chi connectivity index (χ1v) is 6.67. The van der Waals surface area contributed by atoms with Crippen LogP contribution in [0.15, 0.2) is 22.8 Å². The highest BCUT2D eigenvalue weighted by atomic mass is 16.5. The summed E-state index contributed by atoms with van der Waals surface area (Å²) in [5.41, 5.74) is 0. The second-order valence-corrected chi connectivity index (χ2v) is 4.89. The van der Waals surface area contributed by atoms with E-state index in [0.29, 0.717) is 12.1 Å². The van der Waals surface area contributed by atoms with Crippen LogP contribution in [-0.2, 0) is 15.9 Å². The van der Waals surface area contributed by atoms with Crippen molar-refractivity contribution < 1.29 is 13.9 Å². The Kier molecular flexibility index (Phi) is 4.80. The van der Waals surface area contributed by atoms with E-state index in [1.165, 1.54) is 0 Å². The third-order valence-corrected chi connectivity index (χ3v) is 3.49. The molecule has 4 heteroatoms. The fourth-order valence-electron chi connectivity index (χ4n) is 2.59. The summed E-state index contributed by atoms with van der Waals surface area (Å²) in [5.74, 6) is 1.02. The van der Waals surface area contributed by atoms with Gasteiger partial charge < -0.3 is 19.2 Å². The summed E-state index contributed by atoms with van der Waals surface area (Å²) in [6.07, 6.45) is 4.06. The first-order chi connectivity index (χ1) is 8.74. The maximum atomic E-state index is 5.62. The lowest BCUT2D eigenvalue weighted by atomic mass is 9.84. The minimum Gasteiger partial charge on any atom is -0.469 e. The van der Waals surface area contributed by atoms with Gasteiger partial charge in [0.25, 0.3) is 0 Å². The maximum Gasteiger partial charge on any atom is 0.105 e. The monoisotopic (exact) mass is 253 g/mol. The van der Waals surface area contributed by atoms with Crippen LogP contribution in [-0.4, -0.2) is 38.0 Å². The van der Waals surface area contributed by atoms with E-state index in [1.54, 1.807) is 13.4 Å². The summed E-state index contributed by atoms with van der Waals surface area (Å²) >= 11 is 0. The lowest BCUT2D eigenvalue weighted by Gasteiger charge is -2.44. The Morgan fingerprint density at radius 3 is 3.00 bits per heavy atom. The van der Waals surface area contributed by atoms with Gasteiger partial charge in [-0.2, -0.15) is 0 Å². The molecule has 0 spiro atoms. The second kappa shape index (κ2) is 6.36. The molecule has 1 heterocycles. The molecule has 18 heavy (non-hydrogen) atoms. The molecule has 1 N–H and O–H groups in total. The van der Waals surface area contributed by atoms with Crippen LogP contribution in [0.25, 0.3) is 0 Å². The quantitative estimate of drug-likeness (QED) is 0.807. The van der Waals surface area contributed by atoms with Crippen LogP contribution in [0.5, 0.6) is 0 Å². The highest BCUT2D eigenvalue weighted by Gasteiger charge is 2.42. The molecule has 0 amide bonds. The van der Waals surface area contributed by atoms with Crippen molar-refractivity contribution in [2.24, 2.45) is 0 Å². The molecule has 1 saturated carbocycles. The van der Waals surface area contributed by atoms with Crippen molar-refractivity contribution in [3.05, 3.63) is 24.2 Å². The van der Waals surface area contributed by atoms with Crippen LogP contribution in [0.1, 0.15) is 26.0 Å². The number of hydrogen-bond donors (Lipinski definition) is 1. The van der Waals surface area contributed by atoms with Crippen molar-refractivity contribution in [1.29, 1.82) is 0 Å². The van der Waals surface area contributed by atoms with E-state index in [0.717, 1.165) is 25.2 Å². The van der Waals surface area contributed by atoms with Gasteiger partial charge in [0.05, 0.1) is 18.5 Å². The Bertz CT molecular complexity index is 339. The van der Waals surface area contributed by atoms with E-state index in [2.05, 4.69) is 12.2 Å².